The Labute approximate surface area is 152 Å². The number of aryl methyl sites for hydroxylation is 2. The summed E-state index contributed by atoms with van der Waals surface area (Å²) in [6.45, 7) is 8.82. The Morgan fingerprint density at radius 2 is 2.15 bits per heavy atom. The van der Waals surface area contributed by atoms with Crippen LogP contribution in [-0.4, -0.2) is 29.2 Å². The molecule has 1 atom stereocenters. The number of rotatable bonds is 2. The summed E-state index contributed by atoms with van der Waals surface area (Å²) in [6, 6.07) is 4.97. The second-order valence-electron chi connectivity index (χ2n) is 6.97. The van der Waals surface area contributed by atoms with Crippen LogP contribution in [0.15, 0.2) is 28.3 Å². The molecule has 0 aliphatic carbocycles. The van der Waals surface area contributed by atoms with Crippen molar-refractivity contribution in [3.8, 4) is 0 Å². The summed E-state index contributed by atoms with van der Waals surface area (Å²) in [5.41, 5.74) is 3.75. The molecule has 2 aromatic rings. The molecule has 1 unspecified atom stereocenters. The zero-order valence-electron chi connectivity index (χ0n) is 15.6. The molecular weight excluding hydrogens is 333 g/mol. The molecule has 2 amide bonds. The van der Waals surface area contributed by atoms with Crippen molar-refractivity contribution in [3.05, 3.63) is 52.0 Å². The fourth-order valence-corrected chi connectivity index (χ4v) is 3.13. The summed E-state index contributed by atoms with van der Waals surface area (Å²) >= 11 is 0. The highest BCUT2D eigenvalue weighted by atomic mass is 19.1. The average Bonchev–Trinajstić information content (AvgIpc) is 2.92. The molecule has 1 aromatic carbocycles. The van der Waals surface area contributed by atoms with E-state index in [1.54, 1.807) is 17.9 Å². The Kier molecular flexibility index (Phi) is 5.11. The maximum Gasteiger partial charge on any atom is 0.323 e. The molecule has 138 valence electrons. The normalized spacial score (nSPS) is 19.0. The zero-order chi connectivity index (χ0) is 18.8. The molecule has 3 rings (SSSR count). The Bertz CT molecular complexity index is 857. The zero-order valence-corrected chi connectivity index (χ0v) is 15.6. The van der Waals surface area contributed by atoms with Crippen molar-refractivity contribution in [1.82, 2.24) is 10.1 Å². The second-order valence-corrected chi connectivity index (χ2v) is 6.97. The molecule has 1 N–H and O–H groups in total. The molecule has 1 aliphatic rings. The van der Waals surface area contributed by atoms with Gasteiger partial charge < -0.3 is 9.42 Å². The fourth-order valence-electron chi connectivity index (χ4n) is 3.13. The molecule has 1 aromatic heterocycles. The van der Waals surface area contributed by atoms with Crippen molar-refractivity contribution < 1.29 is 13.7 Å². The monoisotopic (exact) mass is 357 g/mol. The van der Waals surface area contributed by atoms with E-state index in [2.05, 4.69) is 23.5 Å². The first-order chi connectivity index (χ1) is 12.3. The molecule has 0 radical (unpaired) electrons. The van der Waals surface area contributed by atoms with Crippen LogP contribution in [0.2, 0.25) is 0 Å². The summed E-state index contributed by atoms with van der Waals surface area (Å²) < 4.78 is 18.5. The molecular formula is C20H24FN3O2. The van der Waals surface area contributed by atoms with Gasteiger partial charge in [0.15, 0.2) is 5.82 Å². The van der Waals surface area contributed by atoms with Crippen molar-refractivity contribution in [3.63, 3.8) is 0 Å². The first kappa shape index (κ1) is 18.2. The highest BCUT2D eigenvalue weighted by Crippen LogP contribution is 2.26. The number of carbonyl (C=O) groups is 1. The summed E-state index contributed by atoms with van der Waals surface area (Å²) in [4.78, 5) is 14.3. The van der Waals surface area contributed by atoms with Crippen LogP contribution in [0.25, 0.3) is 6.08 Å². The van der Waals surface area contributed by atoms with Crippen LogP contribution < -0.4 is 5.32 Å². The summed E-state index contributed by atoms with van der Waals surface area (Å²) in [5.74, 6) is 1.22. The van der Waals surface area contributed by atoms with E-state index in [4.69, 9.17) is 4.52 Å². The van der Waals surface area contributed by atoms with Gasteiger partial charge in [0.25, 0.3) is 0 Å². The van der Waals surface area contributed by atoms with E-state index in [0.29, 0.717) is 30.2 Å². The average molecular weight is 357 g/mol. The Hall–Kier alpha value is -2.63. The SMILES string of the molecule is Cc1cc(/C=C2\CCN(C(=O)Nc3noc(C)c3C)CC2C)ccc1F. The van der Waals surface area contributed by atoms with E-state index in [9.17, 15) is 9.18 Å². The summed E-state index contributed by atoms with van der Waals surface area (Å²) in [6.07, 6.45) is 2.90. The number of carbonyl (C=O) groups excluding carboxylic acids is 1. The lowest BCUT2D eigenvalue weighted by Gasteiger charge is -2.33. The first-order valence-electron chi connectivity index (χ1n) is 8.80. The van der Waals surface area contributed by atoms with E-state index in [1.165, 1.54) is 11.6 Å². The van der Waals surface area contributed by atoms with Gasteiger partial charge in [-0.15, -0.1) is 0 Å². The lowest BCUT2D eigenvalue weighted by atomic mass is 9.91. The minimum Gasteiger partial charge on any atom is -0.359 e. The topological polar surface area (TPSA) is 58.4 Å². The number of hydrogen-bond donors (Lipinski definition) is 1. The predicted octanol–water partition coefficient (Wildman–Crippen LogP) is 4.70. The Balaban J connectivity index is 1.66. The van der Waals surface area contributed by atoms with E-state index < -0.39 is 0 Å². The van der Waals surface area contributed by atoms with Gasteiger partial charge in [-0.25, -0.2) is 9.18 Å². The van der Waals surface area contributed by atoms with Gasteiger partial charge in [-0.2, -0.15) is 0 Å². The first-order valence-corrected chi connectivity index (χ1v) is 8.80. The molecule has 0 bridgehead atoms. The molecule has 6 heteroatoms. The number of amides is 2. The maximum atomic E-state index is 13.4. The van der Waals surface area contributed by atoms with Gasteiger partial charge in [0.05, 0.1) is 0 Å². The van der Waals surface area contributed by atoms with Crippen molar-refractivity contribution >= 4 is 17.9 Å². The van der Waals surface area contributed by atoms with Gasteiger partial charge in [-0.3, -0.25) is 5.32 Å². The van der Waals surface area contributed by atoms with Gasteiger partial charge in [-0.05, 0) is 56.4 Å². The molecule has 1 aliphatic heterocycles. The number of piperidine rings is 1. The van der Waals surface area contributed by atoms with Crippen LogP contribution in [0.3, 0.4) is 0 Å². The van der Waals surface area contributed by atoms with E-state index >= 15 is 0 Å². The van der Waals surface area contributed by atoms with E-state index in [-0.39, 0.29) is 17.8 Å². The van der Waals surface area contributed by atoms with Crippen LogP contribution in [-0.2, 0) is 0 Å². The minimum atomic E-state index is -0.190. The number of hydrogen-bond acceptors (Lipinski definition) is 3. The number of nitrogens with one attached hydrogen (secondary N) is 1. The molecule has 0 spiro atoms. The number of anilines is 1. The number of aromatic nitrogens is 1. The van der Waals surface area contributed by atoms with Gasteiger partial charge >= 0.3 is 6.03 Å². The second kappa shape index (κ2) is 7.32. The third kappa shape index (κ3) is 3.79. The van der Waals surface area contributed by atoms with Crippen LogP contribution in [0, 0.1) is 32.5 Å². The lowest BCUT2D eigenvalue weighted by Crippen LogP contribution is -2.42. The highest BCUT2D eigenvalue weighted by Gasteiger charge is 2.25. The molecule has 26 heavy (non-hydrogen) atoms. The third-order valence-electron chi connectivity index (χ3n) is 5.00. The quantitative estimate of drug-likeness (QED) is 0.848. The number of benzene rings is 1. The predicted molar refractivity (Wildman–Crippen MR) is 99.5 cm³/mol. The standard InChI is InChI=1S/C20H24FN3O2/c1-12-9-16(5-6-18(12)21)10-17-7-8-24(11-13(17)2)20(25)22-19-14(3)15(4)26-23-19/h5-6,9-10,13H,7-8,11H2,1-4H3,(H,22,23,25)/b17-10+. The number of halogens is 1. The van der Waals surface area contributed by atoms with Gasteiger partial charge in [0.2, 0.25) is 0 Å². The Morgan fingerprint density at radius 1 is 1.38 bits per heavy atom. The molecule has 1 saturated heterocycles. The van der Waals surface area contributed by atoms with Crippen molar-refractivity contribution in [2.24, 2.45) is 5.92 Å². The van der Waals surface area contributed by atoms with Crippen molar-refractivity contribution in [1.29, 1.82) is 0 Å². The number of nitrogens with zero attached hydrogens (tertiary/aromatic N) is 2. The van der Waals surface area contributed by atoms with E-state index in [0.717, 1.165) is 17.5 Å². The van der Waals surface area contributed by atoms with Crippen LogP contribution in [0.1, 0.15) is 35.8 Å². The summed E-state index contributed by atoms with van der Waals surface area (Å²) in [5, 5.41) is 6.70. The van der Waals surface area contributed by atoms with Crippen LogP contribution >= 0.6 is 0 Å². The smallest absolute Gasteiger partial charge is 0.323 e. The third-order valence-corrected chi connectivity index (χ3v) is 5.00. The number of likely N-dealkylation sites (tertiary alicyclic amines) is 1. The summed E-state index contributed by atoms with van der Waals surface area (Å²) in [7, 11) is 0. The molecule has 5 nitrogen and oxygen atoms in total. The van der Waals surface area contributed by atoms with Gasteiger partial charge in [0, 0.05) is 18.7 Å². The molecule has 0 saturated carbocycles. The minimum absolute atomic E-state index is 0.162. The maximum absolute atomic E-state index is 13.4. The number of urea groups is 1. The van der Waals surface area contributed by atoms with E-state index in [1.807, 2.05) is 19.9 Å². The van der Waals surface area contributed by atoms with Gasteiger partial charge in [-0.1, -0.05) is 29.8 Å². The van der Waals surface area contributed by atoms with Crippen LogP contribution in [0.4, 0.5) is 15.0 Å². The van der Waals surface area contributed by atoms with Gasteiger partial charge in [0.1, 0.15) is 11.6 Å². The largest absolute Gasteiger partial charge is 0.359 e. The fraction of sp³-hybridized carbons (Fsp3) is 0.400. The highest BCUT2D eigenvalue weighted by molar-refractivity contribution is 5.89. The van der Waals surface area contributed by atoms with Crippen LogP contribution in [0.5, 0.6) is 0 Å². The van der Waals surface area contributed by atoms with Crippen molar-refractivity contribution in [2.75, 3.05) is 18.4 Å². The van der Waals surface area contributed by atoms with Crippen molar-refractivity contribution in [2.45, 2.75) is 34.1 Å². The molecule has 1 fully saturated rings. The lowest BCUT2D eigenvalue weighted by molar-refractivity contribution is 0.197. The molecule has 2 heterocycles. The Morgan fingerprint density at radius 3 is 2.77 bits per heavy atom.